The summed E-state index contributed by atoms with van der Waals surface area (Å²) in [6, 6.07) is 10.5. The lowest BCUT2D eigenvalue weighted by Gasteiger charge is -2.37. The van der Waals surface area contributed by atoms with E-state index in [2.05, 4.69) is 53.1 Å². The highest BCUT2D eigenvalue weighted by Crippen LogP contribution is 2.44. The van der Waals surface area contributed by atoms with Gasteiger partial charge in [-0.3, -0.25) is 4.79 Å². The van der Waals surface area contributed by atoms with Gasteiger partial charge in [0.25, 0.3) is 0 Å². The van der Waals surface area contributed by atoms with Crippen molar-refractivity contribution in [3.8, 4) is 0 Å². The van der Waals surface area contributed by atoms with Gasteiger partial charge in [-0.15, -0.1) is 0 Å². The summed E-state index contributed by atoms with van der Waals surface area (Å²) in [5.74, 6) is 2.80. The molecular weight excluding hydrogens is 322 g/mol. The predicted octanol–water partition coefficient (Wildman–Crippen LogP) is 3.40. The lowest BCUT2D eigenvalue weighted by molar-refractivity contribution is -0.136. The quantitative estimate of drug-likeness (QED) is 0.781. The van der Waals surface area contributed by atoms with E-state index in [9.17, 15) is 4.79 Å². The number of para-hydroxylation sites is 1. The molecule has 1 saturated carbocycles. The van der Waals surface area contributed by atoms with Gasteiger partial charge >= 0.3 is 0 Å². The van der Waals surface area contributed by atoms with Crippen molar-refractivity contribution in [1.29, 1.82) is 0 Å². The largest absolute Gasteiger partial charge is 0.353 e. The van der Waals surface area contributed by atoms with Gasteiger partial charge in [0.05, 0.1) is 5.52 Å². The van der Waals surface area contributed by atoms with Gasteiger partial charge in [-0.1, -0.05) is 30.4 Å². The van der Waals surface area contributed by atoms with Crippen LogP contribution in [-0.4, -0.2) is 42.0 Å². The molecule has 2 fully saturated rings. The Morgan fingerprint density at radius 1 is 1.08 bits per heavy atom. The molecule has 0 N–H and O–H groups in total. The van der Waals surface area contributed by atoms with Crippen LogP contribution in [0.25, 0.3) is 10.9 Å². The van der Waals surface area contributed by atoms with E-state index in [4.69, 9.17) is 4.98 Å². The molecule has 0 radical (unpaired) electrons. The van der Waals surface area contributed by atoms with Crippen molar-refractivity contribution < 1.29 is 4.79 Å². The Bertz CT molecular complexity index is 882. The number of benzene rings is 1. The number of aryl methyl sites for hydroxylation is 1. The highest BCUT2D eigenvalue weighted by Gasteiger charge is 2.41. The maximum absolute atomic E-state index is 12.9. The van der Waals surface area contributed by atoms with Crippen LogP contribution in [0.15, 0.2) is 42.5 Å². The summed E-state index contributed by atoms with van der Waals surface area (Å²) in [6.45, 7) is 5.50. The number of rotatable bonds is 2. The van der Waals surface area contributed by atoms with Gasteiger partial charge in [-0.25, -0.2) is 4.98 Å². The van der Waals surface area contributed by atoms with E-state index in [0.29, 0.717) is 17.7 Å². The number of hydrogen-bond donors (Lipinski definition) is 0. The normalized spacial score (nSPS) is 27.5. The summed E-state index contributed by atoms with van der Waals surface area (Å²) in [7, 11) is 0. The minimum absolute atomic E-state index is 0.234. The molecule has 0 spiro atoms. The molecule has 2 bridgehead atoms. The second-order valence-corrected chi connectivity index (χ2v) is 8.01. The Morgan fingerprint density at radius 3 is 2.62 bits per heavy atom. The monoisotopic (exact) mass is 347 g/mol. The van der Waals surface area contributed by atoms with Crippen LogP contribution in [0.1, 0.15) is 18.4 Å². The summed E-state index contributed by atoms with van der Waals surface area (Å²) in [6.07, 6.45) is 6.83. The first-order chi connectivity index (χ1) is 12.7. The average molecular weight is 347 g/mol. The standard InChI is InChI=1S/C22H25N3O/c1-15-12-21(23-20-5-3-2-4-18(15)20)24-8-10-25(11-9-24)22(26)19-14-16-6-7-17(19)13-16/h2-7,12,16-17,19H,8-11,13-14H2,1H3/t16-,17+,19+/m0/s1. The number of carbonyl (C=O) groups is 1. The number of amides is 1. The molecule has 2 aromatic rings. The molecule has 134 valence electrons. The number of aromatic nitrogens is 1. The Hall–Kier alpha value is -2.36. The van der Waals surface area contributed by atoms with Crippen LogP contribution in [0.2, 0.25) is 0 Å². The van der Waals surface area contributed by atoms with E-state index in [1.807, 2.05) is 6.07 Å². The molecule has 1 amide bonds. The molecule has 26 heavy (non-hydrogen) atoms. The molecule has 1 saturated heterocycles. The lowest BCUT2D eigenvalue weighted by Crippen LogP contribution is -2.51. The van der Waals surface area contributed by atoms with Crippen LogP contribution >= 0.6 is 0 Å². The second-order valence-electron chi connectivity index (χ2n) is 8.01. The maximum Gasteiger partial charge on any atom is 0.226 e. The van der Waals surface area contributed by atoms with Crippen LogP contribution in [0, 0.1) is 24.7 Å². The third-order valence-electron chi connectivity index (χ3n) is 6.42. The summed E-state index contributed by atoms with van der Waals surface area (Å²) in [5, 5.41) is 1.22. The fraction of sp³-hybridized carbons (Fsp3) is 0.455. The van der Waals surface area contributed by atoms with Gasteiger partial charge in [-0.2, -0.15) is 0 Å². The van der Waals surface area contributed by atoms with Gasteiger partial charge in [0.2, 0.25) is 5.91 Å². The number of anilines is 1. The lowest BCUT2D eigenvalue weighted by atomic mass is 9.92. The number of allylic oxidation sites excluding steroid dienone is 2. The topological polar surface area (TPSA) is 36.4 Å². The third-order valence-corrected chi connectivity index (χ3v) is 6.42. The summed E-state index contributed by atoms with van der Waals surface area (Å²) >= 11 is 0. The van der Waals surface area contributed by atoms with Gasteiger partial charge in [0, 0.05) is 37.5 Å². The summed E-state index contributed by atoms with van der Waals surface area (Å²) in [4.78, 5) is 22.2. The van der Waals surface area contributed by atoms with Crippen molar-refractivity contribution in [1.82, 2.24) is 9.88 Å². The van der Waals surface area contributed by atoms with Gasteiger partial charge in [-0.05, 0) is 49.3 Å². The second kappa shape index (κ2) is 6.11. The number of piperazine rings is 1. The fourth-order valence-corrected chi connectivity index (χ4v) is 4.95. The Morgan fingerprint density at radius 2 is 1.88 bits per heavy atom. The Balaban J connectivity index is 1.28. The van der Waals surface area contributed by atoms with E-state index in [0.717, 1.165) is 43.9 Å². The number of pyridine rings is 1. The molecule has 2 heterocycles. The molecule has 0 unspecified atom stereocenters. The van der Waals surface area contributed by atoms with E-state index in [1.165, 1.54) is 17.4 Å². The Labute approximate surface area is 154 Å². The van der Waals surface area contributed by atoms with E-state index < -0.39 is 0 Å². The predicted molar refractivity (Wildman–Crippen MR) is 104 cm³/mol. The summed E-state index contributed by atoms with van der Waals surface area (Å²) in [5.41, 5.74) is 2.31. The van der Waals surface area contributed by atoms with E-state index >= 15 is 0 Å². The van der Waals surface area contributed by atoms with Crippen molar-refractivity contribution in [2.45, 2.75) is 19.8 Å². The summed E-state index contributed by atoms with van der Waals surface area (Å²) < 4.78 is 0. The van der Waals surface area contributed by atoms with Crippen LogP contribution in [0.4, 0.5) is 5.82 Å². The number of nitrogens with zero attached hydrogens (tertiary/aromatic N) is 3. The maximum atomic E-state index is 12.9. The molecule has 1 aromatic carbocycles. The van der Waals surface area contributed by atoms with Crippen LogP contribution in [-0.2, 0) is 4.79 Å². The number of fused-ring (bicyclic) bond motifs is 3. The van der Waals surface area contributed by atoms with Gasteiger partial charge in [0.15, 0.2) is 0 Å². The molecule has 1 aliphatic heterocycles. The average Bonchev–Trinajstić information content (AvgIpc) is 3.31. The smallest absolute Gasteiger partial charge is 0.226 e. The highest BCUT2D eigenvalue weighted by molar-refractivity contribution is 5.84. The van der Waals surface area contributed by atoms with Crippen molar-refractivity contribution in [2.24, 2.45) is 17.8 Å². The first-order valence-electron chi connectivity index (χ1n) is 9.77. The zero-order chi connectivity index (χ0) is 17.7. The first-order valence-corrected chi connectivity index (χ1v) is 9.77. The molecule has 4 nitrogen and oxygen atoms in total. The van der Waals surface area contributed by atoms with Crippen LogP contribution < -0.4 is 4.90 Å². The molecule has 1 aromatic heterocycles. The highest BCUT2D eigenvalue weighted by atomic mass is 16.2. The van der Waals surface area contributed by atoms with Crippen LogP contribution in [0.5, 0.6) is 0 Å². The molecule has 3 aliphatic rings. The van der Waals surface area contributed by atoms with Crippen molar-refractivity contribution >= 4 is 22.6 Å². The zero-order valence-electron chi connectivity index (χ0n) is 15.3. The van der Waals surface area contributed by atoms with Crippen molar-refractivity contribution in [3.05, 3.63) is 48.0 Å². The minimum Gasteiger partial charge on any atom is -0.353 e. The first kappa shape index (κ1) is 15.9. The molecule has 3 atom stereocenters. The SMILES string of the molecule is Cc1cc(N2CCN(C(=O)[C@@H]3C[C@H]4C=C[C@@H]3C4)CC2)nc2ccccc12. The molecule has 5 rings (SSSR count). The van der Waals surface area contributed by atoms with Gasteiger partial charge < -0.3 is 9.80 Å². The van der Waals surface area contributed by atoms with E-state index in [1.54, 1.807) is 0 Å². The molecule has 2 aliphatic carbocycles. The zero-order valence-corrected chi connectivity index (χ0v) is 15.3. The molecule has 4 heteroatoms. The van der Waals surface area contributed by atoms with E-state index in [-0.39, 0.29) is 5.92 Å². The van der Waals surface area contributed by atoms with Crippen molar-refractivity contribution in [2.75, 3.05) is 31.1 Å². The fourth-order valence-electron chi connectivity index (χ4n) is 4.95. The van der Waals surface area contributed by atoms with Crippen LogP contribution in [0.3, 0.4) is 0 Å². The number of carbonyl (C=O) groups excluding carboxylic acids is 1. The number of hydrogen-bond acceptors (Lipinski definition) is 3. The Kier molecular flexibility index (Phi) is 3.73. The third kappa shape index (κ3) is 2.59. The van der Waals surface area contributed by atoms with Gasteiger partial charge in [0.1, 0.15) is 5.82 Å². The minimum atomic E-state index is 0.234. The molecular formula is C22H25N3O. The van der Waals surface area contributed by atoms with Crippen molar-refractivity contribution in [3.63, 3.8) is 0 Å².